The highest BCUT2D eigenvalue weighted by Gasteiger charge is 2.04. The van der Waals surface area contributed by atoms with E-state index in [1.165, 1.54) is 11.8 Å². The van der Waals surface area contributed by atoms with Crippen LogP contribution in [0.3, 0.4) is 0 Å². The molecule has 0 fully saturated rings. The van der Waals surface area contributed by atoms with Crippen LogP contribution in [0.25, 0.3) is 0 Å². The summed E-state index contributed by atoms with van der Waals surface area (Å²) in [6.07, 6.45) is 7.12. The molecule has 2 rings (SSSR count). The van der Waals surface area contributed by atoms with Crippen LogP contribution in [-0.4, -0.2) is 26.1 Å². The molecule has 84 valence electrons. The Balaban J connectivity index is 2.15. The fourth-order valence-electron chi connectivity index (χ4n) is 1.21. The van der Waals surface area contributed by atoms with Gasteiger partial charge in [0.25, 0.3) is 0 Å². The molecule has 0 saturated carbocycles. The molecule has 1 N–H and O–H groups in total. The van der Waals surface area contributed by atoms with Crippen LogP contribution in [0.4, 0.5) is 5.82 Å². The summed E-state index contributed by atoms with van der Waals surface area (Å²) in [5.41, 5.74) is 0. The Bertz CT molecular complexity index is 468. The molecule has 5 nitrogen and oxygen atoms in total. The van der Waals surface area contributed by atoms with Crippen LogP contribution >= 0.6 is 11.8 Å². The standard InChI is InChI=1S/C10H13N5S/c1-3-12-8-6-11-7-9(14-8)16-10-13-4-5-15(10)2/h4-7H,3H2,1-2H3,(H,12,14). The highest BCUT2D eigenvalue weighted by atomic mass is 32.2. The molecule has 0 bridgehead atoms. The van der Waals surface area contributed by atoms with Gasteiger partial charge in [-0.3, -0.25) is 4.98 Å². The van der Waals surface area contributed by atoms with Crippen LogP contribution in [0, 0.1) is 0 Å². The highest BCUT2D eigenvalue weighted by Crippen LogP contribution is 2.23. The molecule has 0 unspecified atom stereocenters. The fraction of sp³-hybridized carbons (Fsp3) is 0.300. The summed E-state index contributed by atoms with van der Waals surface area (Å²) in [5, 5.41) is 4.87. The van der Waals surface area contributed by atoms with E-state index in [2.05, 4.69) is 20.3 Å². The number of rotatable bonds is 4. The van der Waals surface area contributed by atoms with E-state index in [4.69, 9.17) is 0 Å². The lowest BCUT2D eigenvalue weighted by Crippen LogP contribution is -2.00. The van der Waals surface area contributed by atoms with Gasteiger partial charge in [0.15, 0.2) is 5.16 Å². The zero-order valence-electron chi connectivity index (χ0n) is 9.21. The van der Waals surface area contributed by atoms with Gasteiger partial charge in [0.1, 0.15) is 10.8 Å². The summed E-state index contributed by atoms with van der Waals surface area (Å²) in [6, 6.07) is 0. The average molecular weight is 235 g/mol. The van der Waals surface area contributed by atoms with Gasteiger partial charge in [-0.1, -0.05) is 0 Å². The number of nitrogens with one attached hydrogen (secondary N) is 1. The Morgan fingerprint density at radius 2 is 2.31 bits per heavy atom. The topological polar surface area (TPSA) is 55.6 Å². The molecule has 0 aliphatic rings. The van der Waals surface area contributed by atoms with E-state index < -0.39 is 0 Å². The van der Waals surface area contributed by atoms with E-state index in [9.17, 15) is 0 Å². The van der Waals surface area contributed by atoms with Crippen molar-refractivity contribution < 1.29 is 0 Å². The van der Waals surface area contributed by atoms with Gasteiger partial charge in [-0.2, -0.15) is 0 Å². The maximum Gasteiger partial charge on any atom is 0.174 e. The summed E-state index contributed by atoms with van der Waals surface area (Å²) in [5.74, 6) is 0.793. The largest absolute Gasteiger partial charge is 0.369 e. The lowest BCUT2D eigenvalue weighted by atomic mass is 10.6. The van der Waals surface area contributed by atoms with Crippen molar-refractivity contribution in [3.05, 3.63) is 24.8 Å². The fourth-order valence-corrected chi connectivity index (χ4v) is 1.97. The first-order valence-electron chi connectivity index (χ1n) is 5.00. The molecule has 16 heavy (non-hydrogen) atoms. The predicted octanol–water partition coefficient (Wildman–Crippen LogP) is 1.79. The lowest BCUT2D eigenvalue weighted by molar-refractivity contribution is 0.788. The minimum atomic E-state index is 0.793. The van der Waals surface area contributed by atoms with Crippen LogP contribution in [0.15, 0.2) is 35.0 Å². The summed E-state index contributed by atoms with van der Waals surface area (Å²) in [4.78, 5) is 12.8. The maximum atomic E-state index is 4.41. The predicted molar refractivity (Wildman–Crippen MR) is 63.5 cm³/mol. The molecule has 0 saturated heterocycles. The quantitative estimate of drug-likeness (QED) is 0.875. The zero-order valence-corrected chi connectivity index (χ0v) is 10.0. The van der Waals surface area contributed by atoms with Crippen LogP contribution in [0.5, 0.6) is 0 Å². The third kappa shape index (κ3) is 2.52. The monoisotopic (exact) mass is 235 g/mol. The summed E-state index contributed by atoms with van der Waals surface area (Å²) in [6.45, 7) is 2.87. The third-order valence-electron chi connectivity index (χ3n) is 1.94. The number of nitrogens with zero attached hydrogens (tertiary/aromatic N) is 4. The van der Waals surface area contributed by atoms with Crippen molar-refractivity contribution in [3.8, 4) is 0 Å². The third-order valence-corrected chi connectivity index (χ3v) is 2.92. The van der Waals surface area contributed by atoms with Gasteiger partial charge in [0.2, 0.25) is 0 Å². The van der Waals surface area contributed by atoms with E-state index in [0.29, 0.717) is 0 Å². The van der Waals surface area contributed by atoms with E-state index in [0.717, 1.165) is 22.5 Å². The molecule has 0 radical (unpaired) electrons. The second kappa shape index (κ2) is 4.98. The summed E-state index contributed by atoms with van der Waals surface area (Å²) in [7, 11) is 1.96. The van der Waals surface area contributed by atoms with Crippen molar-refractivity contribution in [3.63, 3.8) is 0 Å². The van der Waals surface area contributed by atoms with Crippen LogP contribution < -0.4 is 5.32 Å². The van der Waals surface area contributed by atoms with Crippen molar-refractivity contribution in [2.45, 2.75) is 17.1 Å². The molecule has 2 aromatic heterocycles. The van der Waals surface area contributed by atoms with Gasteiger partial charge in [-0.25, -0.2) is 9.97 Å². The molecular weight excluding hydrogens is 222 g/mol. The minimum absolute atomic E-state index is 0.793. The normalized spacial score (nSPS) is 10.4. The smallest absolute Gasteiger partial charge is 0.174 e. The number of anilines is 1. The molecule has 0 spiro atoms. The number of aryl methyl sites for hydroxylation is 1. The lowest BCUT2D eigenvalue weighted by Gasteiger charge is -2.04. The van der Waals surface area contributed by atoms with Gasteiger partial charge in [-0.15, -0.1) is 0 Å². The Morgan fingerprint density at radius 3 is 3.00 bits per heavy atom. The van der Waals surface area contributed by atoms with Crippen molar-refractivity contribution in [2.24, 2.45) is 7.05 Å². The van der Waals surface area contributed by atoms with Crippen molar-refractivity contribution in [2.75, 3.05) is 11.9 Å². The minimum Gasteiger partial charge on any atom is -0.369 e. The van der Waals surface area contributed by atoms with Crippen molar-refractivity contribution >= 4 is 17.6 Å². The molecule has 2 heterocycles. The Labute approximate surface area is 98.3 Å². The van der Waals surface area contributed by atoms with Crippen LogP contribution in [-0.2, 0) is 7.05 Å². The SMILES string of the molecule is CCNc1cncc(Sc2nccn2C)n1. The Kier molecular flexibility index (Phi) is 3.40. The number of aromatic nitrogens is 4. The van der Waals surface area contributed by atoms with Gasteiger partial charge in [0.05, 0.1) is 12.4 Å². The van der Waals surface area contributed by atoms with Crippen LogP contribution in [0.1, 0.15) is 6.92 Å². The van der Waals surface area contributed by atoms with E-state index in [1.807, 2.05) is 24.7 Å². The first-order valence-corrected chi connectivity index (χ1v) is 5.82. The number of hydrogen-bond donors (Lipinski definition) is 1. The first-order chi connectivity index (χ1) is 7.79. The van der Waals surface area contributed by atoms with Crippen LogP contribution in [0.2, 0.25) is 0 Å². The van der Waals surface area contributed by atoms with E-state index in [-0.39, 0.29) is 0 Å². The molecular formula is C10H13N5S. The number of hydrogen-bond acceptors (Lipinski definition) is 5. The van der Waals surface area contributed by atoms with E-state index >= 15 is 0 Å². The molecule has 6 heteroatoms. The average Bonchev–Trinajstić information content (AvgIpc) is 2.66. The molecule has 0 atom stereocenters. The highest BCUT2D eigenvalue weighted by molar-refractivity contribution is 7.99. The summed E-state index contributed by atoms with van der Waals surface area (Å²) < 4.78 is 1.95. The van der Waals surface area contributed by atoms with Gasteiger partial charge in [0, 0.05) is 26.0 Å². The van der Waals surface area contributed by atoms with E-state index in [1.54, 1.807) is 18.6 Å². The Morgan fingerprint density at radius 1 is 1.44 bits per heavy atom. The molecule has 0 aliphatic carbocycles. The molecule has 0 amide bonds. The maximum absolute atomic E-state index is 4.41. The molecule has 0 aliphatic heterocycles. The Hall–Kier alpha value is -1.56. The first kappa shape index (κ1) is 10.9. The van der Waals surface area contributed by atoms with Gasteiger partial charge < -0.3 is 9.88 Å². The molecule has 0 aromatic carbocycles. The molecule has 2 aromatic rings. The van der Waals surface area contributed by atoms with Gasteiger partial charge in [-0.05, 0) is 18.7 Å². The second-order valence-corrected chi connectivity index (χ2v) is 4.18. The second-order valence-electron chi connectivity index (χ2n) is 3.20. The van der Waals surface area contributed by atoms with Crippen molar-refractivity contribution in [1.82, 2.24) is 19.5 Å². The van der Waals surface area contributed by atoms with Gasteiger partial charge >= 0.3 is 0 Å². The zero-order chi connectivity index (χ0) is 11.4. The van der Waals surface area contributed by atoms with Crippen molar-refractivity contribution in [1.29, 1.82) is 0 Å². The summed E-state index contributed by atoms with van der Waals surface area (Å²) >= 11 is 1.50. The number of imidazole rings is 1.